The Morgan fingerprint density at radius 3 is 2.69 bits per heavy atom. The summed E-state index contributed by atoms with van der Waals surface area (Å²) in [6.07, 6.45) is 6.98. The lowest BCUT2D eigenvalue weighted by Gasteiger charge is -2.35. The number of carbonyl (C=O) groups is 2. The summed E-state index contributed by atoms with van der Waals surface area (Å²) in [6, 6.07) is -0.213. The second-order valence-corrected chi connectivity index (χ2v) is 7.48. The number of nitrogens with one attached hydrogen (secondary N) is 3. The lowest BCUT2D eigenvalue weighted by Crippen LogP contribution is -2.50. The summed E-state index contributed by atoms with van der Waals surface area (Å²) < 4.78 is 5.55. The molecule has 2 aromatic rings. The van der Waals surface area contributed by atoms with Gasteiger partial charge in [-0.15, -0.1) is 0 Å². The number of carbonyl (C=O) groups excluding carboxylic acids is 2. The fraction of sp³-hybridized carbons (Fsp3) is 0.550. The molecule has 0 aromatic carbocycles. The molecule has 1 saturated carbocycles. The molecule has 2 heterocycles. The topological polar surface area (TPSA) is 122 Å². The maximum atomic E-state index is 12.6. The van der Waals surface area contributed by atoms with Crippen molar-refractivity contribution in [3.8, 4) is 0 Å². The second-order valence-electron chi connectivity index (χ2n) is 7.48. The molecule has 1 aliphatic rings. The van der Waals surface area contributed by atoms with Gasteiger partial charge in [-0.1, -0.05) is 0 Å². The van der Waals surface area contributed by atoms with E-state index in [9.17, 15) is 9.59 Å². The maximum Gasteiger partial charge on any atom is 0.226 e. The molecule has 3 N–H and O–H groups in total. The van der Waals surface area contributed by atoms with E-state index in [0.29, 0.717) is 25.1 Å². The largest absolute Gasteiger partial charge is 0.379 e. The third kappa shape index (κ3) is 5.60. The van der Waals surface area contributed by atoms with Gasteiger partial charge in [0, 0.05) is 24.9 Å². The first-order valence-corrected chi connectivity index (χ1v) is 9.82. The first kappa shape index (κ1) is 20.9. The summed E-state index contributed by atoms with van der Waals surface area (Å²) in [7, 11) is 1.64. The molecule has 9 heteroatoms. The Labute approximate surface area is 170 Å². The van der Waals surface area contributed by atoms with E-state index < -0.39 is 0 Å². The van der Waals surface area contributed by atoms with E-state index in [-0.39, 0.29) is 36.3 Å². The van der Waals surface area contributed by atoms with Gasteiger partial charge in [0.1, 0.15) is 0 Å². The van der Waals surface area contributed by atoms with Crippen LogP contribution in [0, 0.1) is 19.8 Å². The Morgan fingerprint density at radius 1 is 1.21 bits per heavy atom. The van der Waals surface area contributed by atoms with Crippen LogP contribution in [0.15, 0.2) is 18.7 Å². The normalized spacial score (nSPS) is 21.6. The minimum Gasteiger partial charge on any atom is -0.379 e. The van der Waals surface area contributed by atoms with E-state index >= 15 is 0 Å². The van der Waals surface area contributed by atoms with Crippen LogP contribution in [0.3, 0.4) is 0 Å². The molecule has 0 unspecified atom stereocenters. The number of aromatic amines is 1. The van der Waals surface area contributed by atoms with E-state index in [2.05, 4.69) is 30.6 Å². The van der Waals surface area contributed by atoms with Crippen LogP contribution >= 0.6 is 0 Å². The number of nitrogens with zero attached hydrogens (tertiary/aromatic N) is 3. The molecular weight excluding hydrogens is 372 g/mol. The molecule has 2 aromatic heterocycles. The van der Waals surface area contributed by atoms with Gasteiger partial charge in [-0.2, -0.15) is 0 Å². The molecule has 1 aliphatic carbocycles. The predicted octanol–water partition coefficient (Wildman–Crippen LogP) is 0.975. The lowest BCUT2D eigenvalue weighted by molar-refractivity contribution is -0.129. The lowest BCUT2D eigenvalue weighted by atomic mass is 9.83. The van der Waals surface area contributed by atoms with E-state index in [1.165, 1.54) is 0 Å². The van der Waals surface area contributed by atoms with Crippen molar-refractivity contribution >= 4 is 11.8 Å². The number of rotatable bonds is 7. The third-order valence-corrected chi connectivity index (χ3v) is 5.35. The molecule has 0 saturated heterocycles. The van der Waals surface area contributed by atoms with Gasteiger partial charge in [-0.05, 0) is 33.1 Å². The van der Waals surface area contributed by atoms with Gasteiger partial charge in [0.2, 0.25) is 11.8 Å². The molecular formula is C20H28N6O3. The highest BCUT2D eigenvalue weighted by Gasteiger charge is 2.35. The SMILES string of the molecule is CO[C@@H]1CC[C@H](C(=O)NCc2cnc(C)cn2)C[C@H]1NC(=O)Cc1nc[nH]c1C. The average Bonchev–Trinajstić information content (AvgIpc) is 3.11. The predicted molar refractivity (Wildman–Crippen MR) is 106 cm³/mol. The van der Waals surface area contributed by atoms with Crippen molar-refractivity contribution in [2.75, 3.05) is 7.11 Å². The van der Waals surface area contributed by atoms with Crippen molar-refractivity contribution < 1.29 is 14.3 Å². The van der Waals surface area contributed by atoms with E-state index in [0.717, 1.165) is 23.5 Å². The zero-order chi connectivity index (χ0) is 20.8. The smallest absolute Gasteiger partial charge is 0.226 e. The summed E-state index contributed by atoms with van der Waals surface area (Å²) in [5.74, 6) is -0.343. The first-order valence-electron chi connectivity index (χ1n) is 9.82. The molecule has 9 nitrogen and oxygen atoms in total. The van der Waals surface area contributed by atoms with Crippen LogP contribution < -0.4 is 10.6 Å². The van der Waals surface area contributed by atoms with Gasteiger partial charge in [0.05, 0.1) is 54.7 Å². The molecule has 0 aliphatic heterocycles. The van der Waals surface area contributed by atoms with Crippen molar-refractivity contribution in [1.82, 2.24) is 30.6 Å². The fourth-order valence-corrected chi connectivity index (χ4v) is 3.62. The Bertz CT molecular complexity index is 835. The van der Waals surface area contributed by atoms with Crippen LogP contribution in [-0.2, 0) is 27.3 Å². The third-order valence-electron chi connectivity index (χ3n) is 5.35. The monoisotopic (exact) mass is 400 g/mol. The molecule has 1 fully saturated rings. The fourth-order valence-electron chi connectivity index (χ4n) is 3.62. The summed E-state index contributed by atoms with van der Waals surface area (Å²) in [5, 5.41) is 5.96. The molecule has 29 heavy (non-hydrogen) atoms. The van der Waals surface area contributed by atoms with Gasteiger partial charge in [-0.3, -0.25) is 19.6 Å². The highest BCUT2D eigenvalue weighted by atomic mass is 16.5. The van der Waals surface area contributed by atoms with Crippen LogP contribution in [0.4, 0.5) is 0 Å². The molecule has 0 radical (unpaired) electrons. The van der Waals surface area contributed by atoms with Crippen molar-refractivity contribution in [3.05, 3.63) is 41.5 Å². The van der Waals surface area contributed by atoms with Crippen LogP contribution in [-0.4, -0.2) is 51.0 Å². The number of hydrogen-bond donors (Lipinski definition) is 3. The minimum absolute atomic E-state index is 0.0377. The highest BCUT2D eigenvalue weighted by molar-refractivity contribution is 5.80. The molecule has 3 rings (SSSR count). The number of methoxy groups -OCH3 is 1. The van der Waals surface area contributed by atoms with Crippen molar-refractivity contribution in [2.24, 2.45) is 5.92 Å². The van der Waals surface area contributed by atoms with Crippen LogP contribution in [0.25, 0.3) is 0 Å². The van der Waals surface area contributed by atoms with Gasteiger partial charge in [0.15, 0.2) is 0 Å². The quantitative estimate of drug-likeness (QED) is 0.637. The van der Waals surface area contributed by atoms with Gasteiger partial charge in [-0.25, -0.2) is 4.98 Å². The Kier molecular flexibility index (Phi) is 6.92. The number of ether oxygens (including phenoxy) is 1. The molecule has 0 spiro atoms. The summed E-state index contributed by atoms with van der Waals surface area (Å²) in [6.45, 7) is 4.09. The van der Waals surface area contributed by atoms with Crippen LogP contribution in [0.5, 0.6) is 0 Å². The van der Waals surface area contributed by atoms with E-state index in [1.54, 1.807) is 25.8 Å². The van der Waals surface area contributed by atoms with E-state index in [1.807, 2.05) is 13.8 Å². The molecule has 3 atom stereocenters. The summed E-state index contributed by atoms with van der Waals surface area (Å²) >= 11 is 0. The Hall–Kier alpha value is -2.81. The number of H-pyrrole nitrogens is 1. The minimum atomic E-state index is -0.213. The zero-order valence-electron chi connectivity index (χ0n) is 17.1. The number of imidazole rings is 1. The maximum absolute atomic E-state index is 12.6. The number of aromatic nitrogens is 4. The van der Waals surface area contributed by atoms with Crippen molar-refractivity contribution in [1.29, 1.82) is 0 Å². The van der Waals surface area contributed by atoms with Gasteiger partial charge >= 0.3 is 0 Å². The molecule has 0 bridgehead atoms. The molecule has 156 valence electrons. The van der Waals surface area contributed by atoms with Crippen LogP contribution in [0.1, 0.15) is 42.0 Å². The average molecular weight is 400 g/mol. The summed E-state index contributed by atoms with van der Waals surface area (Å²) in [5.41, 5.74) is 3.15. The van der Waals surface area contributed by atoms with E-state index in [4.69, 9.17) is 4.74 Å². The standard InChI is InChI=1S/C20H28N6O3/c1-12-8-22-15(9-21-12)10-23-20(28)14-4-5-18(29-3)17(6-14)26-19(27)7-16-13(2)24-11-25-16/h8-9,11,14,17-18H,4-7,10H2,1-3H3,(H,23,28)(H,24,25)(H,26,27)/t14-,17+,18+/m0/s1. The zero-order valence-corrected chi connectivity index (χ0v) is 17.1. The van der Waals surface area contributed by atoms with Crippen molar-refractivity contribution in [2.45, 2.75) is 58.2 Å². The highest BCUT2D eigenvalue weighted by Crippen LogP contribution is 2.27. The number of amides is 2. The molecule has 2 amide bonds. The Morgan fingerprint density at radius 2 is 2.03 bits per heavy atom. The number of hydrogen-bond acceptors (Lipinski definition) is 6. The summed E-state index contributed by atoms with van der Waals surface area (Å²) in [4.78, 5) is 40.7. The van der Waals surface area contributed by atoms with Gasteiger partial charge in [0.25, 0.3) is 0 Å². The second kappa shape index (κ2) is 9.60. The Balaban J connectivity index is 1.54. The number of aryl methyl sites for hydroxylation is 2. The first-order chi connectivity index (χ1) is 14.0. The van der Waals surface area contributed by atoms with Crippen LogP contribution in [0.2, 0.25) is 0 Å². The van der Waals surface area contributed by atoms with Gasteiger partial charge < -0.3 is 20.4 Å². The van der Waals surface area contributed by atoms with Crippen molar-refractivity contribution in [3.63, 3.8) is 0 Å².